The van der Waals surface area contributed by atoms with Crippen LogP contribution in [0.15, 0.2) is 30.3 Å². The molecule has 10 nitrogen and oxygen atoms in total. The molecule has 2 aromatic rings. The molecule has 2 amide bonds. The Balaban J connectivity index is 1.50. The third kappa shape index (κ3) is 6.92. The SMILES string of the molecule is CC(C)S(=O)(=O)Cc1cc(N2CCOCC2)nc(-c2ccc(NC(=O)NC3CCN(C)CC3)cc2)n1. The maximum absolute atomic E-state index is 12.6. The lowest BCUT2D eigenvalue weighted by atomic mass is 10.1. The molecular weight excluding hydrogens is 480 g/mol. The monoisotopic (exact) mass is 516 g/mol. The van der Waals surface area contributed by atoms with Gasteiger partial charge in [0.05, 0.1) is 29.9 Å². The molecule has 36 heavy (non-hydrogen) atoms. The summed E-state index contributed by atoms with van der Waals surface area (Å²) >= 11 is 0. The summed E-state index contributed by atoms with van der Waals surface area (Å²) in [5, 5.41) is 5.44. The number of likely N-dealkylation sites (tertiary alicyclic amines) is 1. The van der Waals surface area contributed by atoms with Gasteiger partial charge in [-0.15, -0.1) is 0 Å². The molecule has 3 heterocycles. The van der Waals surface area contributed by atoms with Gasteiger partial charge in [-0.05, 0) is 71.1 Å². The van der Waals surface area contributed by atoms with Crippen molar-refractivity contribution in [3.8, 4) is 11.4 Å². The number of amides is 2. The van der Waals surface area contributed by atoms with Crippen LogP contribution in [0.4, 0.5) is 16.3 Å². The van der Waals surface area contributed by atoms with Crippen LogP contribution >= 0.6 is 0 Å². The first-order valence-electron chi connectivity index (χ1n) is 12.5. The highest BCUT2D eigenvalue weighted by molar-refractivity contribution is 7.91. The molecule has 2 saturated heterocycles. The van der Waals surface area contributed by atoms with Gasteiger partial charge < -0.3 is 25.2 Å². The molecule has 2 aliphatic rings. The topological polar surface area (TPSA) is 117 Å². The van der Waals surface area contributed by atoms with Crippen LogP contribution in [0.25, 0.3) is 11.4 Å². The molecule has 0 atom stereocenters. The number of nitrogens with one attached hydrogen (secondary N) is 2. The van der Waals surface area contributed by atoms with Crippen molar-refractivity contribution in [2.75, 3.05) is 56.7 Å². The highest BCUT2D eigenvalue weighted by Crippen LogP contribution is 2.24. The number of benzene rings is 1. The molecule has 0 unspecified atom stereocenters. The Hall–Kier alpha value is -2.76. The summed E-state index contributed by atoms with van der Waals surface area (Å²) in [6, 6.07) is 9.01. The predicted octanol–water partition coefficient (Wildman–Crippen LogP) is 2.52. The summed E-state index contributed by atoms with van der Waals surface area (Å²) in [7, 11) is -1.24. The Morgan fingerprint density at radius 3 is 2.39 bits per heavy atom. The van der Waals surface area contributed by atoms with Gasteiger partial charge in [0, 0.05) is 36.4 Å². The second-order valence-electron chi connectivity index (χ2n) is 9.75. The van der Waals surface area contributed by atoms with Crippen LogP contribution in [0.2, 0.25) is 0 Å². The lowest BCUT2D eigenvalue weighted by molar-refractivity contribution is 0.122. The molecule has 1 aromatic carbocycles. The van der Waals surface area contributed by atoms with Gasteiger partial charge in [-0.25, -0.2) is 23.2 Å². The van der Waals surface area contributed by atoms with Crippen LogP contribution in [0.1, 0.15) is 32.4 Å². The lowest BCUT2D eigenvalue weighted by Crippen LogP contribution is -2.44. The molecule has 0 bridgehead atoms. The summed E-state index contributed by atoms with van der Waals surface area (Å²) in [5.41, 5.74) is 1.88. The molecule has 4 rings (SSSR count). The van der Waals surface area contributed by atoms with Crippen molar-refractivity contribution in [3.63, 3.8) is 0 Å². The van der Waals surface area contributed by atoms with Crippen LogP contribution in [0, 0.1) is 0 Å². The molecule has 1 aromatic heterocycles. The normalized spacial score (nSPS) is 17.8. The van der Waals surface area contributed by atoms with Crippen molar-refractivity contribution in [2.24, 2.45) is 0 Å². The molecular formula is C25H36N6O4S. The Morgan fingerprint density at radius 1 is 1.08 bits per heavy atom. The van der Waals surface area contributed by atoms with Crippen molar-refractivity contribution in [1.82, 2.24) is 20.2 Å². The number of carbonyl (C=O) groups excluding carboxylic acids is 1. The smallest absolute Gasteiger partial charge is 0.319 e. The van der Waals surface area contributed by atoms with Crippen LogP contribution in [-0.4, -0.2) is 87.0 Å². The summed E-state index contributed by atoms with van der Waals surface area (Å²) in [5.74, 6) is 1.00. The maximum atomic E-state index is 12.6. The zero-order chi connectivity index (χ0) is 25.7. The third-order valence-electron chi connectivity index (χ3n) is 6.62. The summed E-state index contributed by atoms with van der Waals surface area (Å²) < 4.78 is 30.7. The number of piperidine rings is 1. The summed E-state index contributed by atoms with van der Waals surface area (Å²) in [6.07, 6.45) is 1.88. The minimum Gasteiger partial charge on any atom is -0.378 e. The maximum Gasteiger partial charge on any atom is 0.319 e. The second kappa shape index (κ2) is 11.5. The third-order valence-corrected chi connectivity index (χ3v) is 8.76. The average molecular weight is 517 g/mol. The molecule has 11 heteroatoms. The fraction of sp³-hybridized carbons (Fsp3) is 0.560. The number of ether oxygens (including phenoxy) is 1. The number of rotatable bonds is 7. The zero-order valence-corrected chi connectivity index (χ0v) is 22.1. The Labute approximate surface area is 213 Å². The van der Waals surface area contributed by atoms with Gasteiger partial charge in [-0.2, -0.15) is 0 Å². The van der Waals surface area contributed by atoms with Crippen molar-refractivity contribution in [2.45, 2.75) is 43.7 Å². The van der Waals surface area contributed by atoms with Gasteiger partial charge >= 0.3 is 6.03 Å². The number of aromatic nitrogens is 2. The number of carbonyl (C=O) groups is 1. The van der Waals surface area contributed by atoms with Gasteiger partial charge in [0.1, 0.15) is 5.82 Å². The van der Waals surface area contributed by atoms with Crippen molar-refractivity contribution in [1.29, 1.82) is 0 Å². The molecule has 2 aliphatic heterocycles. The number of urea groups is 1. The fourth-order valence-corrected chi connectivity index (χ4v) is 5.11. The minimum absolute atomic E-state index is 0.145. The lowest BCUT2D eigenvalue weighted by Gasteiger charge is -2.29. The number of nitrogens with zero attached hydrogens (tertiary/aromatic N) is 4. The highest BCUT2D eigenvalue weighted by Gasteiger charge is 2.22. The fourth-order valence-electron chi connectivity index (χ4n) is 4.22. The molecule has 2 fully saturated rings. The Bertz CT molecular complexity index is 1140. The van der Waals surface area contributed by atoms with Gasteiger partial charge in [-0.1, -0.05) is 0 Å². The number of hydrogen-bond donors (Lipinski definition) is 2. The van der Waals surface area contributed by atoms with Gasteiger partial charge in [0.15, 0.2) is 15.7 Å². The van der Waals surface area contributed by atoms with E-state index in [4.69, 9.17) is 9.72 Å². The first kappa shape index (κ1) is 26.3. The van der Waals surface area contributed by atoms with E-state index in [2.05, 4.69) is 32.5 Å². The molecule has 0 radical (unpaired) electrons. The van der Waals surface area contributed by atoms with Crippen molar-refractivity contribution >= 4 is 27.4 Å². The number of hydrogen-bond acceptors (Lipinski definition) is 8. The Morgan fingerprint density at radius 2 is 1.75 bits per heavy atom. The van der Waals surface area contributed by atoms with Gasteiger partial charge in [-0.3, -0.25) is 0 Å². The predicted molar refractivity (Wildman–Crippen MR) is 141 cm³/mol. The van der Waals surface area contributed by atoms with Crippen LogP contribution < -0.4 is 15.5 Å². The molecule has 2 N–H and O–H groups in total. The molecule has 0 aliphatic carbocycles. The van der Waals surface area contributed by atoms with Gasteiger partial charge in [0.25, 0.3) is 0 Å². The molecule has 0 saturated carbocycles. The van der Waals surface area contributed by atoms with Gasteiger partial charge in [0.2, 0.25) is 0 Å². The van der Waals surface area contributed by atoms with E-state index in [1.807, 2.05) is 12.1 Å². The Kier molecular flexibility index (Phi) is 8.43. The van der Waals surface area contributed by atoms with Crippen LogP contribution in [0.5, 0.6) is 0 Å². The van der Waals surface area contributed by atoms with Crippen LogP contribution in [-0.2, 0) is 20.3 Å². The second-order valence-corrected chi connectivity index (χ2v) is 12.3. The van der Waals surface area contributed by atoms with E-state index < -0.39 is 15.1 Å². The van der Waals surface area contributed by atoms with Crippen molar-refractivity contribution < 1.29 is 17.9 Å². The van der Waals surface area contributed by atoms with E-state index in [1.54, 1.807) is 32.0 Å². The zero-order valence-electron chi connectivity index (χ0n) is 21.2. The first-order valence-corrected chi connectivity index (χ1v) is 14.2. The average Bonchev–Trinajstić information content (AvgIpc) is 2.86. The van der Waals surface area contributed by atoms with E-state index in [0.29, 0.717) is 49.3 Å². The standard InChI is InChI=1S/C25H36N6O4S/c1-18(2)36(33,34)17-22-16-23(31-12-14-35-15-13-31)29-24(26-22)19-4-6-20(7-5-19)27-25(32)28-21-8-10-30(3)11-9-21/h4-7,16,18,21H,8-15,17H2,1-3H3,(H2,27,28,32). The van der Waals surface area contributed by atoms with E-state index in [1.165, 1.54) is 0 Å². The highest BCUT2D eigenvalue weighted by atomic mass is 32.2. The first-order chi connectivity index (χ1) is 17.2. The van der Waals surface area contributed by atoms with E-state index in [0.717, 1.165) is 31.5 Å². The van der Waals surface area contributed by atoms with Crippen molar-refractivity contribution in [3.05, 3.63) is 36.0 Å². The minimum atomic E-state index is -3.32. The molecule has 0 spiro atoms. The number of sulfone groups is 1. The van der Waals surface area contributed by atoms with Crippen LogP contribution in [0.3, 0.4) is 0 Å². The number of morpholine rings is 1. The summed E-state index contributed by atoms with van der Waals surface area (Å²) in [4.78, 5) is 26.1. The van der Waals surface area contributed by atoms with E-state index in [-0.39, 0.29) is 17.8 Å². The number of anilines is 2. The van der Waals surface area contributed by atoms with E-state index >= 15 is 0 Å². The largest absolute Gasteiger partial charge is 0.378 e. The van der Waals surface area contributed by atoms with E-state index in [9.17, 15) is 13.2 Å². The summed E-state index contributed by atoms with van der Waals surface area (Å²) in [6.45, 7) is 7.86. The molecule has 196 valence electrons. The quantitative estimate of drug-likeness (QED) is 0.577.